The van der Waals surface area contributed by atoms with Crippen molar-refractivity contribution in [3.05, 3.63) is 29.3 Å². The maximum absolute atomic E-state index is 9.67. The molecule has 20 heavy (non-hydrogen) atoms. The number of hydrogen-bond acceptors (Lipinski definition) is 4. The molecule has 1 aliphatic rings. The Morgan fingerprint density at radius 1 is 1.45 bits per heavy atom. The Balaban J connectivity index is 1.96. The van der Waals surface area contributed by atoms with Crippen LogP contribution in [0.4, 0.5) is 0 Å². The van der Waals surface area contributed by atoms with Gasteiger partial charge in [0.05, 0.1) is 32.5 Å². The van der Waals surface area contributed by atoms with Gasteiger partial charge in [0.15, 0.2) is 0 Å². The molecule has 0 spiro atoms. The van der Waals surface area contributed by atoms with Crippen LogP contribution in [0.15, 0.2) is 18.2 Å². The van der Waals surface area contributed by atoms with Crippen molar-refractivity contribution >= 4 is 0 Å². The van der Waals surface area contributed by atoms with Crippen molar-refractivity contribution in [2.75, 3.05) is 26.4 Å². The zero-order valence-corrected chi connectivity index (χ0v) is 12.3. The first-order valence-corrected chi connectivity index (χ1v) is 7.30. The number of aliphatic hydroxyl groups excluding tert-OH is 1. The van der Waals surface area contributed by atoms with Gasteiger partial charge in [0.2, 0.25) is 0 Å². The zero-order valence-electron chi connectivity index (χ0n) is 12.3. The topological polar surface area (TPSA) is 47.9 Å². The van der Waals surface area contributed by atoms with E-state index in [2.05, 4.69) is 0 Å². The first kappa shape index (κ1) is 15.3. The van der Waals surface area contributed by atoms with E-state index in [1.807, 2.05) is 25.1 Å². The van der Waals surface area contributed by atoms with Gasteiger partial charge in [0, 0.05) is 18.1 Å². The predicted octanol–water partition coefficient (Wildman–Crippen LogP) is 2.69. The van der Waals surface area contributed by atoms with Gasteiger partial charge < -0.3 is 19.3 Å². The highest BCUT2D eigenvalue weighted by Gasteiger charge is 2.16. The molecule has 1 fully saturated rings. The second kappa shape index (κ2) is 7.62. The summed E-state index contributed by atoms with van der Waals surface area (Å²) in [4.78, 5) is 0. The maximum atomic E-state index is 9.67. The van der Waals surface area contributed by atoms with Crippen molar-refractivity contribution in [2.45, 2.75) is 33.0 Å². The van der Waals surface area contributed by atoms with Crippen molar-refractivity contribution in [3.8, 4) is 5.75 Å². The maximum Gasteiger partial charge on any atom is 0.124 e. The molecule has 1 heterocycles. The minimum Gasteiger partial charge on any atom is -0.494 e. The summed E-state index contributed by atoms with van der Waals surface area (Å²) in [5, 5.41) is 9.67. The van der Waals surface area contributed by atoms with Crippen molar-refractivity contribution in [1.82, 2.24) is 0 Å². The van der Waals surface area contributed by atoms with Gasteiger partial charge in [-0.15, -0.1) is 0 Å². The normalized spacial score (nSPS) is 20.1. The van der Waals surface area contributed by atoms with E-state index in [-0.39, 0.29) is 0 Å². The number of rotatable bonds is 7. The van der Waals surface area contributed by atoms with Crippen LogP contribution in [0.3, 0.4) is 0 Å². The molecule has 2 rings (SSSR count). The Kier molecular flexibility index (Phi) is 5.83. The van der Waals surface area contributed by atoms with E-state index < -0.39 is 6.10 Å². The summed E-state index contributed by atoms with van der Waals surface area (Å²) in [6.45, 7) is 7.20. The molecular weight excluding hydrogens is 256 g/mol. The fourth-order valence-electron chi connectivity index (χ4n) is 2.32. The Morgan fingerprint density at radius 3 is 2.95 bits per heavy atom. The van der Waals surface area contributed by atoms with Crippen molar-refractivity contribution in [2.24, 2.45) is 5.92 Å². The smallest absolute Gasteiger partial charge is 0.124 e. The van der Waals surface area contributed by atoms with Crippen LogP contribution < -0.4 is 4.74 Å². The molecule has 2 unspecified atom stereocenters. The predicted molar refractivity (Wildman–Crippen MR) is 76.8 cm³/mol. The van der Waals surface area contributed by atoms with Crippen LogP contribution in [0.25, 0.3) is 0 Å². The van der Waals surface area contributed by atoms with Gasteiger partial charge in [0.25, 0.3) is 0 Å². The molecule has 0 aromatic heterocycles. The van der Waals surface area contributed by atoms with E-state index in [1.165, 1.54) is 0 Å². The fraction of sp³-hybridized carbons (Fsp3) is 0.625. The number of hydrogen-bond donors (Lipinski definition) is 1. The van der Waals surface area contributed by atoms with E-state index in [1.54, 1.807) is 6.92 Å². The average Bonchev–Trinajstić information content (AvgIpc) is 2.93. The van der Waals surface area contributed by atoms with Gasteiger partial charge in [-0.3, -0.25) is 0 Å². The summed E-state index contributed by atoms with van der Waals surface area (Å²) >= 11 is 0. The minimum atomic E-state index is -0.479. The summed E-state index contributed by atoms with van der Waals surface area (Å²) < 4.78 is 16.7. The highest BCUT2D eigenvalue weighted by Crippen LogP contribution is 2.25. The molecule has 4 nitrogen and oxygen atoms in total. The largest absolute Gasteiger partial charge is 0.494 e. The van der Waals surface area contributed by atoms with E-state index in [4.69, 9.17) is 14.2 Å². The SMILES string of the molecule is CCOc1ccc(C(C)O)cc1COCC1CCOC1. The Hall–Kier alpha value is -1.10. The van der Waals surface area contributed by atoms with E-state index in [9.17, 15) is 5.11 Å². The summed E-state index contributed by atoms with van der Waals surface area (Å²) in [6.07, 6.45) is 0.596. The van der Waals surface area contributed by atoms with Gasteiger partial charge in [-0.1, -0.05) is 6.07 Å². The lowest BCUT2D eigenvalue weighted by Gasteiger charge is -2.15. The van der Waals surface area contributed by atoms with Gasteiger partial charge in [-0.05, 0) is 38.0 Å². The molecule has 1 aliphatic heterocycles. The van der Waals surface area contributed by atoms with Crippen molar-refractivity contribution in [1.29, 1.82) is 0 Å². The van der Waals surface area contributed by atoms with E-state index in [0.717, 1.165) is 36.5 Å². The lowest BCUT2D eigenvalue weighted by Crippen LogP contribution is -2.10. The monoisotopic (exact) mass is 280 g/mol. The number of benzene rings is 1. The second-order valence-electron chi connectivity index (χ2n) is 5.22. The van der Waals surface area contributed by atoms with Gasteiger partial charge >= 0.3 is 0 Å². The molecule has 4 heteroatoms. The van der Waals surface area contributed by atoms with Crippen LogP contribution in [0.1, 0.15) is 37.5 Å². The third-order valence-corrected chi connectivity index (χ3v) is 3.50. The average molecular weight is 280 g/mol. The van der Waals surface area contributed by atoms with Crippen LogP contribution in [-0.4, -0.2) is 31.5 Å². The lowest BCUT2D eigenvalue weighted by molar-refractivity contribution is 0.0775. The molecule has 1 aromatic rings. The van der Waals surface area contributed by atoms with Crippen LogP contribution in [0.5, 0.6) is 5.75 Å². The van der Waals surface area contributed by atoms with Gasteiger partial charge in [0.1, 0.15) is 5.75 Å². The molecule has 0 bridgehead atoms. The Morgan fingerprint density at radius 2 is 2.30 bits per heavy atom. The molecule has 0 amide bonds. The minimum absolute atomic E-state index is 0.479. The molecule has 0 aliphatic carbocycles. The van der Waals surface area contributed by atoms with E-state index >= 15 is 0 Å². The molecule has 112 valence electrons. The Bertz CT molecular complexity index is 411. The van der Waals surface area contributed by atoms with Gasteiger partial charge in [-0.2, -0.15) is 0 Å². The third kappa shape index (κ3) is 4.20. The van der Waals surface area contributed by atoms with Gasteiger partial charge in [-0.25, -0.2) is 0 Å². The standard InChI is InChI=1S/C16H24O4/c1-3-20-16-5-4-14(12(2)17)8-15(16)11-19-10-13-6-7-18-9-13/h4-5,8,12-13,17H,3,6-7,9-11H2,1-2H3. The molecular formula is C16H24O4. The molecule has 1 saturated heterocycles. The second-order valence-corrected chi connectivity index (χ2v) is 5.22. The number of aliphatic hydroxyl groups is 1. The molecule has 0 saturated carbocycles. The first-order chi connectivity index (χ1) is 9.70. The molecule has 1 N–H and O–H groups in total. The molecule has 2 atom stereocenters. The lowest BCUT2D eigenvalue weighted by atomic mass is 10.1. The van der Waals surface area contributed by atoms with Crippen LogP contribution in [0.2, 0.25) is 0 Å². The Labute approximate surface area is 120 Å². The van der Waals surface area contributed by atoms with Crippen LogP contribution in [0, 0.1) is 5.92 Å². The van der Waals surface area contributed by atoms with Crippen molar-refractivity contribution < 1.29 is 19.3 Å². The first-order valence-electron chi connectivity index (χ1n) is 7.30. The van der Waals surface area contributed by atoms with E-state index in [0.29, 0.717) is 25.7 Å². The zero-order chi connectivity index (χ0) is 14.4. The fourth-order valence-corrected chi connectivity index (χ4v) is 2.32. The summed E-state index contributed by atoms with van der Waals surface area (Å²) in [6, 6.07) is 5.76. The third-order valence-electron chi connectivity index (χ3n) is 3.50. The molecule has 0 radical (unpaired) electrons. The van der Waals surface area contributed by atoms with Crippen molar-refractivity contribution in [3.63, 3.8) is 0 Å². The van der Waals surface area contributed by atoms with Crippen LogP contribution >= 0.6 is 0 Å². The number of ether oxygens (including phenoxy) is 3. The van der Waals surface area contributed by atoms with Crippen LogP contribution in [-0.2, 0) is 16.1 Å². The molecule has 1 aromatic carbocycles. The quantitative estimate of drug-likeness (QED) is 0.834. The summed E-state index contributed by atoms with van der Waals surface area (Å²) in [7, 11) is 0. The summed E-state index contributed by atoms with van der Waals surface area (Å²) in [5.74, 6) is 1.34. The highest BCUT2D eigenvalue weighted by molar-refractivity contribution is 5.37. The highest BCUT2D eigenvalue weighted by atomic mass is 16.5. The summed E-state index contributed by atoms with van der Waals surface area (Å²) in [5.41, 5.74) is 1.88.